The highest BCUT2D eigenvalue weighted by Crippen LogP contribution is 2.07. The van der Waals surface area contributed by atoms with Gasteiger partial charge >= 0.3 is 0 Å². The van der Waals surface area contributed by atoms with Crippen LogP contribution >= 0.6 is 0 Å². The Bertz CT molecular complexity index is 810. The summed E-state index contributed by atoms with van der Waals surface area (Å²) in [6, 6.07) is 6.98. The van der Waals surface area contributed by atoms with Crippen molar-refractivity contribution < 1.29 is 9.53 Å². The van der Waals surface area contributed by atoms with Crippen molar-refractivity contribution in [1.29, 1.82) is 0 Å². The number of amides is 1. The monoisotopic (exact) mass is 357 g/mol. The van der Waals surface area contributed by atoms with Crippen LogP contribution in [0.15, 0.2) is 35.3 Å². The Kier molecular flexibility index (Phi) is 5.62. The Balaban J connectivity index is 1.46. The summed E-state index contributed by atoms with van der Waals surface area (Å²) >= 11 is 0. The van der Waals surface area contributed by atoms with E-state index in [0.29, 0.717) is 25.6 Å². The predicted molar refractivity (Wildman–Crippen MR) is 96.3 cm³/mol. The molecule has 0 N–H and O–H groups in total. The van der Waals surface area contributed by atoms with E-state index in [9.17, 15) is 9.59 Å². The molecule has 138 valence electrons. The fourth-order valence-electron chi connectivity index (χ4n) is 2.85. The Morgan fingerprint density at radius 1 is 1.15 bits per heavy atom. The Labute approximate surface area is 152 Å². The molecule has 26 heavy (non-hydrogen) atoms. The molecule has 3 rings (SSSR count). The Morgan fingerprint density at radius 2 is 1.92 bits per heavy atom. The van der Waals surface area contributed by atoms with E-state index in [0.717, 1.165) is 25.3 Å². The number of carbonyl (C=O) groups excluding carboxylic acids is 1. The van der Waals surface area contributed by atoms with Crippen LogP contribution in [0.4, 0.5) is 0 Å². The van der Waals surface area contributed by atoms with Gasteiger partial charge in [0.2, 0.25) is 5.88 Å². The van der Waals surface area contributed by atoms with Gasteiger partial charge in [0.05, 0.1) is 5.69 Å². The topological polar surface area (TPSA) is 80.6 Å². The molecule has 2 aromatic heterocycles. The second-order valence-corrected chi connectivity index (χ2v) is 6.33. The van der Waals surface area contributed by atoms with Crippen molar-refractivity contribution in [2.75, 3.05) is 39.3 Å². The molecule has 0 radical (unpaired) electrons. The summed E-state index contributed by atoms with van der Waals surface area (Å²) in [6.45, 7) is 5.85. The van der Waals surface area contributed by atoms with Crippen LogP contribution < -0.4 is 10.3 Å². The molecular formula is C18H23N5O3. The number of aryl methyl sites for hydroxylation is 2. The minimum absolute atomic E-state index is 0.197. The van der Waals surface area contributed by atoms with Gasteiger partial charge in [-0.3, -0.25) is 14.5 Å². The predicted octanol–water partition coefficient (Wildman–Crippen LogP) is 0.321. The summed E-state index contributed by atoms with van der Waals surface area (Å²) in [7, 11) is 1.65. The van der Waals surface area contributed by atoms with E-state index in [2.05, 4.69) is 15.1 Å². The summed E-state index contributed by atoms with van der Waals surface area (Å²) in [6.07, 6.45) is 1.65. The van der Waals surface area contributed by atoms with E-state index in [4.69, 9.17) is 4.74 Å². The molecule has 1 fully saturated rings. The quantitative estimate of drug-likeness (QED) is 0.767. The van der Waals surface area contributed by atoms with Crippen molar-refractivity contribution in [1.82, 2.24) is 24.6 Å². The lowest BCUT2D eigenvalue weighted by Crippen LogP contribution is -2.50. The summed E-state index contributed by atoms with van der Waals surface area (Å²) in [4.78, 5) is 28.6. The molecule has 8 heteroatoms. The third kappa shape index (κ3) is 4.26. The van der Waals surface area contributed by atoms with Crippen LogP contribution in [-0.2, 0) is 7.05 Å². The normalized spacial score (nSPS) is 15.1. The van der Waals surface area contributed by atoms with Crippen molar-refractivity contribution in [2.45, 2.75) is 6.92 Å². The minimum Gasteiger partial charge on any atom is -0.475 e. The van der Waals surface area contributed by atoms with Crippen LogP contribution in [0, 0.1) is 6.92 Å². The number of hydrogen-bond donors (Lipinski definition) is 0. The second-order valence-electron chi connectivity index (χ2n) is 6.33. The number of piperazine rings is 1. The minimum atomic E-state index is -0.257. The third-order valence-corrected chi connectivity index (χ3v) is 4.44. The molecular weight excluding hydrogens is 334 g/mol. The molecule has 1 saturated heterocycles. The van der Waals surface area contributed by atoms with Crippen LogP contribution in [0.3, 0.4) is 0 Å². The van der Waals surface area contributed by atoms with Crippen LogP contribution in [0.5, 0.6) is 5.88 Å². The number of rotatable bonds is 5. The summed E-state index contributed by atoms with van der Waals surface area (Å²) < 4.78 is 7.02. The molecule has 0 aliphatic carbocycles. The van der Waals surface area contributed by atoms with Crippen molar-refractivity contribution in [3.63, 3.8) is 0 Å². The zero-order chi connectivity index (χ0) is 18.5. The van der Waals surface area contributed by atoms with E-state index in [1.807, 2.05) is 13.0 Å². The van der Waals surface area contributed by atoms with Crippen LogP contribution in [0.1, 0.15) is 16.1 Å². The molecule has 2 aromatic rings. The molecule has 0 bridgehead atoms. The maximum atomic E-state index is 12.6. The first-order chi connectivity index (χ1) is 12.5. The molecule has 0 unspecified atom stereocenters. The maximum absolute atomic E-state index is 12.6. The van der Waals surface area contributed by atoms with E-state index in [-0.39, 0.29) is 17.0 Å². The molecule has 1 aliphatic heterocycles. The van der Waals surface area contributed by atoms with Gasteiger partial charge in [0.25, 0.3) is 11.5 Å². The van der Waals surface area contributed by atoms with E-state index in [1.54, 1.807) is 36.3 Å². The molecule has 1 amide bonds. The van der Waals surface area contributed by atoms with E-state index < -0.39 is 0 Å². The maximum Gasteiger partial charge on any atom is 0.263 e. The number of nitrogens with zero attached hydrogens (tertiary/aromatic N) is 5. The fourth-order valence-corrected chi connectivity index (χ4v) is 2.85. The zero-order valence-corrected chi connectivity index (χ0v) is 15.1. The Hall–Kier alpha value is -2.74. The van der Waals surface area contributed by atoms with E-state index >= 15 is 0 Å². The van der Waals surface area contributed by atoms with Gasteiger partial charge in [-0.1, -0.05) is 0 Å². The largest absolute Gasteiger partial charge is 0.475 e. The smallest absolute Gasteiger partial charge is 0.263 e. The van der Waals surface area contributed by atoms with Gasteiger partial charge in [-0.05, 0) is 25.1 Å². The molecule has 0 aromatic carbocycles. The van der Waals surface area contributed by atoms with Gasteiger partial charge in [-0.2, -0.15) is 5.10 Å². The standard InChI is InChI=1S/C18H23N5O3/c1-14-5-6-16(20-19-14)26-13-12-22-8-10-23(11-9-22)18(25)15-4-3-7-21(2)17(15)24/h3-7H,8-13H2,1-2H3. The first-order valence-electron chi connectivity index (χ1n) is 8.65. The lowest BCUT2D eigenvalue weighted by Gasteiger charge is -2.34. The van der Waals surface area contributed by atoms with E-state index in [1.165, 1.54) is 4.57 Å². The highest BCUT2D eigenvalue weighted by atomic mass is 16.5. The van der Waals surface area contributed by atoms with Gasteiger partial charge in [-0.25, -0.2) is 0 Å². The first kappa shape index (κ1) is 18.1. The number of carbonyl (C=O) groups is 1. The van der Waals surface area contributed by atoms with Crippen molar-refractivity contribution in [3.8, 4) is 5.88 Å². The van der Waals surface area contributed by atoms with Gasteiger partial charge in [-0.15, -0.1) is 5.10 Å². The van der Waals surface area contributed by atoms with Crippen LogP contribution in [0.25, 0.3) is 0 Å². The molecule has 3 heterocycles. The molecule has 0 saturated carbocycles. The highest BCUT2D eigenvalue weighted by Gasteiger charge is 2.23. The highest BCUT2D eigenvalue weighted by molar-refractivity contribution is 5.93. The zero-order valence-electron chi connectivity index (χ0n) is 15.1. The van der Waals surface area contributed by atoms with Gasteiger partial charge < -0.3 is 14.2 Å². The summed E-state index contributed by atoms with van der Waals surface area (Å²) in [5.41, 5.74) is 0.823. The number of pyridine rings is 1. The molecule has 1 aliphatic rings. The van der Waals surface area contributed by atoms with Gasteiger partial charge in [0.15, 0.2) is 0 Å². The summed E-state index contributed by atoms with van der Waals surface area (Å²) in [5, 5.41) is 7.93. The average molecular weight is 357 g/mol. The van der Waals surface area contributed by atoms with Crippen molar-refractivity contribution in [2.24, 2.45) is 7.05 Å². The average Bonchev–Trinajstić information content (AvgIpc) is 2.66. The number of aromatic nitrogens is 3. The van der Waals surface area contributed by atoms with Gasteiger partial charge in [0.1, 0.15) is 12.2 Å². The lowest BCUT2D eigenvalue weighted by molar-refractivity contribution is 0.0617. The van der Waals surface area contributed by atoms with Crippen LogP contribution in [0.2, 0.25) is 0 Å². The molecule has 0 spiro atoms. The molecule has 0 atom stereocenters. The summed E-state index contributed by atoms with van der Waals surface area (Å²) in [5.74, 6) is 0.321. The third-order valence-electron chi connectivity index (χ3n) is 4.44. The lowest BCUT2D eigenvalue weighted by atomic mass is 10.2. The van der Waals surface area contributed by atoms with Crippen molar-refractivity contribution >= 4 is 5.91 Å². The second kappa shape index (κ2) is 8.09. The first-order valence-corrected chi connectivity index (χ1v) is 8.65. The number of ether oxygens (including phenoxy) is 1. The molecule has 8 nitrogen and oxygen atoms in total. The van der Waals surface area contributed by atoms with Gasteiger partial charge in [0, 0.05) is 52.0 Å². The Morgan fingerprint density at radius 3 is 2.62 bits per heavy atom. The van der Waals surface area contributed by atoms with Crippen molar-refractivity contribution in [3.05, 3.63) is 52.1 Å². The SMILES string of the molecule is Cc1ccc(OCCN2CCN(C(=O)c3cccn(C)c3=O)CC2)nn1. The fraction of sp³-hybridized carbons (Fsp3) is 0.444. The van der Waals surface area contributed by atoms with Crippen LogP contribution in [-0.4, -0.2) is 69.8 Å². The number of hydrogen-bond acceptors (Lipinski definition) is 6.